The predicted molar refractivity (Wildman–Crippen MR) is 127 cm³/mol. The maximum Gasteiger partial charge on any atom is 0.320 e. The number of carboxylic acids is 4. The summed E-state index contributed by atoms with van der Waals surface area (Å²) in [6, 6.07) is -0.269. The van der Waals surface area contributed by atoms with Gasteiger partial charge in [0.15, 0.2) is 0 Å². The van der Waals surface area contributed by atoms with Crippen LogP contribution in [0.4, 0.5) is 0 Å². The average Bonchev–Trinajstić information content (AvgIpc) is 3.30. The van der Waals surface area contributed by atoms with Gasteiger partial charge in [-0.15, -0.1) is 0 Å². The minimum absolute atomic E-state index is 0.00698. The van der Waals surface area contributed by atoms with Crippen molar-refractivity contribution in [2.45, 2.75) is 18.9 Å². The second kappa shape index (κ2) is 16.8. The van der Waals surface area contributed by atoms with E-state index in [1.165, 1.54) is 0 Å². The number of rotatable bonds is 9. The van der Waals surface area contributed by atoms with Crippen LogP contribution in [-0.2, 0) is 24.0 Å². The summed E-state index contributed by atoms with van der Waals surface area (Å²) in [5.41, 5.74) is 5.28. The molecule has 206 valence electrons. The van der Waals surface area contributed by atoms with Crippen LogP contribution in [0.3, 0.4) is 0 Å². The molecule has 36 heavy (non-hydrogen) atoms. The highest BCUT2D eigenvalue weighted by molar-refractivity contribution is 5.76. The fourth-order valence-electron chi connectivity index (χ4n) is 3.90. The normalized spacial score (nSPS) is 21.4. The Kier molecular flexibility index (Phi) is 14.5. The number of nitrogens with two attached hydrogens (primary N) is 1. The summed E-state index contributed by atoms with van der Waals surface area (Å²) >= 11 is 0. The fourth-order valence-corrected chi connectivity index (χ4v) is 3.90. The largest absolute Gasteiger partial charge is 0.480 e. The topological polar surface area (TPSA) is 217 Å². The third kappa shape index (κ3) is 14.5. The molecule has 0 aromatic carbocycles. The molecule has 0 aromatic rings. The number of aliphatic carboxylic acids is 4. The van der Waals surface area contributed by atoms with E-state index in [1.54, 1.807) is 19.6 Å². The molecule has 0 spiro atoms. The van der Waals surface area contributed by atoms with Crippen molar-refractivity contribution >= 4 is 29.8 Å². The first-order valence-corrected chi connectivity index (χ1v) is 11.8. The quantitative estimate of drug-likeness (QED) is 0.177. The Balaban J connectivity index is 0.000000681. The Bertz CT molecular complexity index is 635. The number of hydrogen-bond acceptors (Lipinski definition) is 10. The van der Waals surface area contributed by atoms with Gasteiger partial charge < -0.3 is 31.5 Å². The van der Waals surface area contributed by atoms with E-state index in [-0.39, 0.29) is 32.2 Å². The van der Waals surface area contributed by atoms with E-state index in [1.807, 2.05) is 0 Å². The van der Waals surface area contributed by atoms with Gasteiger partial charge in [-0.3, -0.25) is 43.6 Å². The van der Waals surface area contributed by atoms with Crippen LogP contribution in [0.2, 0.25) is 0 Å². The molecule has 2 heterocycles. The van der Waals surface area contributed by atoms with Crippen molar-refractivity contribution in [1.82, 2.24) is 24.9 Å². The number of carboxylic acid groups (broad SMARTS) is 4. The molecule has 0 saturated carbocycles. The van der Waals surface area contributed by atoms with Crippen LogP contribution in [0.1, 0.15) is 12.8 Å². The molecule has 1 unspecified atom stereocenters. The first kappa shape index (κ1) is 31.2. The lowest BCUT2D eigenvalue weighted by molar-refractivity contribution is -0.140. The van der Waals surface area contributed by atoms with Crippen LogP contribution in [0.5, 0.6) is 0 Å². The molecular weight excluding hydrogens is 480 g/mol. The van der Waals surface area contributed by atoms with Crippen molar-refractivity contribution in [2.24, 2.45) is 5.73 Å². The van der Waals surface area contributed by atoms with E-state index in [9.17, 15) is 24.0 Å². The average molecular weight is 519 g/mol. The minimum atomic E-state index is -1.01. The van der Waals surface area contributed by atoms with Gasteiger partial charge in [0.25, 0.3) is 0 Å². The van der Waals surface area contributed by atoms with Gasteiger partial charge in [0.1, 0.15) is 6.04 Å². The lowest BCUT2D eigenvalue weighted by atomic mass is 10.2. The van der Waals surface area contributed by atoms with Gasteiger partial charge in [-0.05, 0) is 19.4 Å². The summed E-state index contributed by atoms with van der Waals surface area (Å²) in [4.78, 5) is 61.6. The summed E-state index contributed by atoms with van der Waals surface area (Å²) < 4.78 is 0. The molecule has 1 atom stereocenters. The van der Waals surface area contributed by atoms with Crippen molar-refractivity contribution in [2.75, 3.05) is 85.1 Å². The zero-order valence-electron chi connectivity index (χ0n) is 20.4. The molecule has 7 N–H and O–H groups in total. The zero-order valence-corrected chi connectivity index (χ0v) is 20.4. The van der Waals surface area contributed by atoms with Gasteiger partial charge in [-0.1, -0.05) is 0 Å². The number of primary amides is 1. The SMILES string of the molecule is NC(=O)CN1CCN(CC(=O)O)CCN(CC(=O)O)CCN(CC(=O)O)CC1.O=C(O)C1CCCN1. The summed E-state index contributed by atoms with van der Waals surface area (Å²) in [7, 11) is 0. The maximum absolute atomic E-state index is 11.3. The molecule has 0 bridgehead atoms. The number of hydrogen-bond donors (Lipinski definition) is 6. The molecule has 0 aliphatic carbocycles. The second-order valence-corrected chi connectivity index (χ2v) is 8.74. The third-order valence-electron chi connectivity index (χ3n) is 5.74. The van der Waals surface area contributed by atoms with Crippen LogP contribution in [0.25, 0.3) is 0 Å². The molecule has 2 aliphatic heterocycles. The Labute approximate surface area is 209 Å². The highest BCUT2D eigenvalue weighted by atomic mass is 16.4. The number of nitrogens with zero attached hydrogens (tertiary/aromatic N) is 4. The Morgan fingerprint density at radius 2 is 0.972 bits per heavy atom. The number of nitrogens with one attached hydrogen (secondary N) is 1. The second-order valence-electron chi connectivity index (χ2n) is 8.74. The molecule has 2 fully saturated rings. The molecule has 1 amide bonds. The van der Waals surface area contributed by atoms with E-state index < -0.39 is 29.8 Å². The molecule has 2 saturated heterocycles. The van der Waals surface area contributed by atoms with Gasteiger partial charge in [0, 0.05) is 52.4 Å². The molecular formula is C21H38N6O9. The van der Waals surface area contributed by atoms with Crippen molar-refractivity contribution in [3.8, 4) is 0 Å². The van der Waals surface area contributed by atoms with E-state index in [2.05, 4.69) is 5.32 Å². The number of amides is 1. The Hall–Kier alpha value is -2.85. The maximum atomic E-state index is 11.3. The monoisotopic (exact) mass is 518 g/mol. The fraction of sp³-hybridized carbons (Fsp3) is 0.762. The van der Waals surface area contributed by atoms with E-state index in [4.69, 9.17) is 26.2 Å². The Morgan fingerprint density at radius 1 is 0.639 bits per heavy atom. The van der Waals surface area contributed by atoms with E-state index >= 15 is 0 Å². The van der Waals surface area contributed by atoms with Crippen LogP contribution >= 0.6 is 0 Å². The van der Waals surface area contributed by atoms with Crippen LogP contribution in [0.15, 0.2) is 0 Å². The van der Waals surface area contributed by atoms with Crippen LogP contribution in [0, 0.1) is 0 Å². The number of carbonyl (C=O) groups excluding carboxylic acids is 1. The van der Waals surface area contributed by atoms with Crippen molar-refractivity contribution in [1.29, 1.82) is 0 Å². The lowest BCUT2D eigenvalue weighted by Crippen LogP contribution is -2.49. The third-order valence-corrected chi connectivity index (χ3v) is 5.74. The minimum Gasteiger partial charge on any atom is -0.480 e. The molecule has 2 rings (SSSR count). The highest BCUT2D eigenvalue weighted by Gasteiger charge is 2.21. The van der Waals surface area contributed by atoms with Gasteiger partial charge in [-0.25, -0.2) is 0 Å². The van der Waals surface area contributed by atoms with Gasteiger partial charge >= 0.3 is 23.9 Å². The predicted octanol–water partition coefficient (Wildman–Crippen LogP) is -3.23. The van der Waals surface area contributed by atoms with Crippen LogP contribution in [-0.4, -0.2) is 161 Å². The lowest BCUT2D eigenvalue weighted by Gasteiger charge is -2.32. The molecule has 15 heteroatoms. The van der Waals surface area contributed by atoms with Crippen molar-refractivity contribution in [3.63, 3.8) is 0 Å². The summed E-state index contributed by atoms with van der Waals surface area (Å²) in [5, 5.41) is 38.5. The smallest absolute Gasteiger partial charge is 0.320 e. The standard InChI is InChI=1S/C16H29N5O7.C5H9NO2/c17-13(22)9-18-1-3-19(10-14(23)24)5-7-21(12-16(27)28)8-6-20(4-2-18)11-15(25)26;7-5(8)4-2-1-3-6-4/h1-12H2,(H2,17,22)(H,23,24)(H,25,26)(H,27,28);4,6H,1-3H2,(H,7,8). The molecule has 15 nitrogen and oxygen atoms in total. The number of carbonyl (C=O) groups is 5. The van der Waals surface area contributed by atoms with Crippen molar-refractivity contribution < 1.29 is 44.4 Å². The van der Waals surface area contributed by atoms with Crippen LogP contribution < -0.4 is 11.1 Å². The summed E-state index contributed by atoms with van der Waals surface area (Å²) in [6.07, 6.45) is 1.78. The Morgan fingerprint density at radius 3 is 1.17 bits per heavy atom. The summed E-state index contributed by atoms with van der Waals surface area (Å²) in [6.45, 7) is 3.07. The van der Waals surface area contributed by atoms with Crippen molar-refractivity contribution in [3.05, 3.63) is 0 Å². The molecule has 0 aromatic heterocycles. The first-order valence-electron chi connectivity index (χ1n) is 11.8. The van der Waals surface area contributed by atoms with E-state index in [0.29, 0.717) is 52.4 Å². The van der Waals surface area contributed by atoms with E-state index in [0.717, 1.165) is 19.4 Å². The highest BCUT2D eigenvalue weighted by Crippen LogP contribution is 2.03. The van der Waals surface area contributed by atoms with Gasteiger partial charge in [0.2, 0.25) is 5.91 Å². The summed E-state index contributed by atoms with van der Waals surface area (Å²) in [5.74, 6) is -4.23. The molecule has 0 radical (unpaired) electrons. The van der Waals surface area contributed by atoms with Gasteiger partial charge in [-0.2, -0.15) is 0 Å². The zero-order chi connectivity index (χ0) is 27.1. The van der Waals surface area contributed by atoms with Gasteiger partial charge in [0.05, 0.1) is 26.2 Å². The molecule has 2 aliphatic rings. The first-order chi connectivity index (χ1) is 17.0.